The zero-order valence-electron chi connectivity index (χ0n) is 51.1. The van der Waals surface area contributed by atoms with Crippen LogP contribution in [0.25, 0.3) is 176 Å². The van der Waals surface area contributed by atoms with Crippen LogP contribution in [0.4, 0.5) is 13.2 Å². The van der Waals surface area contributed by atoms with E-state index in [4.69, 9.17) is 0 Å². The molecule has 0 N–H and O–H groups in total. The Morgan fingerprint density at radius 1 is 0.250 bits per heavy atom. The number of fused-ring (bicyclic) bond motifs is 18. The van der Waals surface area contributed by atoms with Crippen LogP contribution in [-0.2, 0) is 6.18 Å². The Hall–Kier alpha value is -12.8. The van der Waals surface area contributed by atoms with Crippen molar-refractivity contribution in [2.24, 2.45) is 0 Å². The number of rotatable bonds is 7. The molecule has 450 valence electrons. The van der Waals surface area contributed by atoms with Crippen molar-refractivity contribution in [2.45, 2.75) is 6.18 Å². The second-order valence-electron chi connectivity index (χ2n) is 25.0. The predicted octanol–water partition coefficient (Wildman–Crippen LogP) is 22.8. The number of nitrogens with zero attached hydrogens (tertiary/aromatic N) is 7. The molecular weight excluding hydrogens is 1190 g/mol. The fraction of sp³-hybridized carbons (Fsp3) is 0.0116. The van der Waals surface area contributed by atoms with E-state index in [1.165, 1.54) is 0 Å². The summed E-state index contributed by atoms with van der Waals surface area (Å²) in [6, 6.07) is 104. The van der Waals surface area contributed by atoms with Crippen molar-refractivity contribution >= 4 is 131 Å². The maximum Gasteiger partial charge on any atom is 0.420 e. The third-order valence-corrected chi connectivity index (χ3v) is 20.0. The van der Waals surface area contributed by atoms with Crippen molar-refractivity contribution in [3.63, 3.8) is 0 Å². The van der Waals surface area contributed by atoms with E-state index in [0.29, 0.717) is 38.8 Å². The van der Waals surface area contributed by atoms with Gasteiger partial charge in [-0.25, -0.2) is 0 Å². The van der Waals surface area contributed by atoms with Crippen LogP contribution in [0.15, 0.2) is 303 Å². The lowest BCUT2D eigenvalue weighted by Gasteiger charge is -2.25. The highest BCUT2D eigenvalue weighted by atomic mass is 19.4. The van der Waals surface area contributed by atoms with E-state index in [1.54, 1.807) is 24.3 Å². The molecule has 7 nitrogen and oxygen atoms in total. The summed E-state index contributed by atoms with van der Waals surface area (Å²) in [5, 5.41) is 22.2. The molecular formula is C86H50F3N7. The topological polar surface area (TPSA) is 53.4 Å². The molecule has 20 aromatic rings. The third kappa shape index (κ3) is 7.59. The average molecular weight is 1240 g/mol. The van der Waals surface area contributed by atoms with E-state index in [9.17, 15) is 5.26 Å². The van der Waals surface area contributed by atoms with E-state index < -0.39 is 11.7 Å². The van der Waals surface area contributed by atoms with E-state index in [2.05, 4.69) is 194 Å². The number of halogens is 3. The van der Waals surface area contributed by atoms with Crippen molar-refractivity contribution in [1.29, 1.82) is 5.26 Å². The molecule has 0 aliphatic heterocycles. The summed E-state index contributed by atoms with van der Waals surface area (Å²) in [5.41, 5.74) is 13.3. The zero-order chi connectivity index (χ0) is 63.7. The van der Waals surface area contributed by atoms with Crippen LogP contribution in [0, 0.1) is 11.3 Å². The summed E-state index contributed by atoms with van der Waals surface area (Å²) < 4.78 is 68.0. The number of aromatic nitrogens is 6. The van der Waals surface area contributed by atoms with Crippen LogP contribution in [-0.4, -0.2) is 27.4 Å². The molecule has 0 saturated heterocycles. The molecule has 0 atom stereocenters. The molecule has 20 rings (SSSR count). The van der Waals surface area contributed by atoms with Gasteiger partial charge in [-0.2, -0.15) is 18.4 Å². The van der Waals surface area contributed by atoms with E-state index in [-0.39, 0.29) is 11.4 Å². The lowest BCUT2D eigenvalue weighted by atomic mass is 9.96. The highest BCUT2D eigenvalue weighted by Gasteiger charge is 2.41. The maximum absolute atomic E-state index is 18.4. The van der Waals surface area contributed by atoms with Gasteiger partial charge in [0.25, 0.3) is 0 Å². The fourth-order valence-corrected chi connectivity index (χ4v) is 16.1. The maximum atomic E-state index is 18.4. The Kier molecular flexibility index (Phi) is 11.3. The molecule has 6 heterocycles. The molecule has 0 aliphatic rings. The van der Waals surface area contributed by atoms with Gasteiger partial charge < -0.3 is 27.4 Å². The second kappa shape index (κ2) is 20.1. The summed E-state index contributed by atoms with van der Waals surface area (Å²) in [4.78, 5) is 0. The SMILES string of the molecule is N#Cc1cccc(-c2ccc(-n3c4cc(-n5c6ccccc6c6ccccc65)ccc4c4ccc(-n5c6ccccc6c6ccccc65)cc43)c(C(F)(F)F)c2-n2c3cc(-n4c5ccccc5c5ccccc54)ccc3c3ccc(-n4c5ccccc5c5ccccc54)cc32)c1. The van der Waals surface area contributed by atoms with Gasteiger partial charge >= 0.3 is 6.18 Å². The van der Waals surface area contributed by atoms with Crippen LogP contribution >= 0.6 is 0 Å². The lowest BCUT2D eigenvalue weighted by Crippen LogP contribution is -2.17. The van der Waals surface area contributed by atoms with Gasteiger partial charge in [-0.3, -0.25) is 0 Å². The monoisotopic (exact) mass is 1240 g/mol. The largest absolute Gasteiger partial charge is 0.420 e. The lowest BCUT2D eigenvalue weighted by molar-refractivity contribution is -0.137. The van der Waals surface area contributed by atoms with E-state index in [1.807, 2.05) is 118 Å². The number of benzene rings is 14. The minimum atomic E-state index is -5.04. The predicted molar refractivity (Wildman–Crippen MR) is 388 cm³/mol. The molecule has 0 spiro atoms. The summed E-state index contributed by atoms with van der Waals surface area (Å²) in [6.07, 6.45) is -5.04. The first-order chi connectivity index (χ1) is 47.3. The van der Waals surface area contributed by atoms with Crippen LogP contribution in [0.2, 0.25) is 0 Å². The van der Waals surface area contributed by atoms with Gasteiger partial charge in [0, 0.05) is 92.9 Å². The van der Waals surface area contributed by atoms with E-state index in [0.717, 1.165) is 132 Å². The minimum Gasteiger partial charge on any atom is -0.309 e. The van der Waals surface area contributed by atoms with Gasteiger partial charge in [-0.05, 0) is 121 Å². The average Bonchev–Trinajstić information content (AvgIpc) is 1.41. The Bertz CT molecular complexity index is 6240. The van der Waals surface area contributed by atoms with Gasteiger partial charge in [-0.1, -0.05) is 188 Å². The molecule has 10 heteroatoms. The molecule has 6 aromatic heterocycles. The summed E-state index contributed by atoms with van der Waals surface area (Å²) in [6.45, 7) is 0. The Labute approximate surface area is 545 Å². The van der Waals surface area contributed by atoms with Crippen molar-refractivity contribution in [1.82, 2.24) is 27.4 Å². The number of hydrogen-bond acceptors (Lipinski definition) is 1. The van der Waals surface area contributed by atoms with E-state index >= 15 is 13.2 Å². The van der Waals surface area contributed by atoms with Gasteiger partial charge in [-0.15, -0.1) is 0 Å². The molecule has 0 fully saturated rings. The molecule has 96 heavy (non-hydrogen) atoms. The second-order valence-corrected chi connectivity index (χ2v) is 25.0. The number of alkyl halides is 3. The summed E-state index contributed by atoms with van der Waals surface area (Å²) in [5.74, 6) is 0. The Morgan fingerprint density at radius 2 is 0.531 bits per heavy atom. The fourth-order valence-electron chi connectivity index (χ4n) is 16.1. The molecule has 14 aromatic carbocycles. The smallest absolute Gasteiger partial charge is 0.309 e. The van der Waals surface area contributed by atoms with Crippen molar-refractivity contribution in [2.75, 3.05) is 0 Å². The van der Waals surface area contributed by atoms with Gasteiger partial charge in [0.1, 0.15) is 5.56 Å². The summed E-state index contributed by atoms with van der Waals surface area (Å²) >= 11 is 0. The first-order valence-corrected chi connectivity index (χ1v) is 32.1. The third-order valence-electron chi connectivity index (χ3n) is 20.0. The molecule has 0 saturated carbocycles. The first kappa shape index (κ1) is 53.8. The van der Waals surface area contributed by atoms with Gasteiger partial charge in [0.2, 0.25) is 0 Å². The first-order valence-electron chi connectivity index (χ1n) is 32.1. The number of nitriles is 1. The van der Waals surface area contributed by atoms with Gasteiger partial charge in [0.05, 0.1) is 89.2 Å². The molecule has 0 aliphatic carbocycles. The summed E-state index contributed by atoms with van der Waals surface area (Å²) in [7, 11) is 0. The number of hydrogen-bond donors (Lipinski definition) is 0. The Balaban J connectivity index is 0.959. The van der Waals surface area contributed by atoms with Crippen LogP contribution in [0.3, 0.4) is 0 Å². The Morgan fingerprint density at radius 3 is 0.823 bits per heavy atom. The highest BCUT2D eigenvalue weighted by molar-refractivity contribution is 6.17. The molecule has 0 bridgehead atoms. The van der Waals surface area contributed by atoms with Crippen molar-refractivity contribution in [3.05, 3.63) is 314 Å². The minimum absolute atomic E-state index is 0.0662. The van der Waals surface area contributed by atoms with Crippen molar-refractivity contribution in [3.8, 4) is 51.3 Å². The van der Waals surface area contributed by atoms with Crippen LogP contribution in [0.5, 0.6) is 0 Å². The molecule has 0 unspecified atom stereocenters. The number of para-hydroxylation sites is 8. The quantitative estimate of drug-likeness (QED) is 0.157. The molecule has 0 amide bonds. The zero-order valence-corrected chi connectivity index (χ0v) is 51.1. The van der Waals surface area contributed by atoms with Crippen LogP contribution in [0.1, 0.15) is 11.1 Å². The van der Waals surface area contributed by atoms with Gasteiger partial charge in [0.15, 0.2) is 0 Å². The molecule has 0 radical (unpaired) electrons. The van der Waals surface area contributed by atoms with Crippen LogP contribution < -0.4 is 0 Å². The standard InChI is InChI=1S/C86H50F3N7/c87-86(88,89)84-79(95-80-47-54(91-71-28-9-1-20-59(71)60-21-2-10-29-72(60)91)36-40-67(80)68-41-37-55(48-81(68)95)92-73-30-11-3-22-61(73)62-23-4-12-31-74(62)92)45-44-58(53-19-17-18-52(46-53)51-90)85(84)96-82-49-56(93-75-32-13-5-24-63(75)64-25-6-14-33-76(64)93)38-42-69(82)70-43-39-57(50-83(70)96)94-77-34-15-7-26-65(77)66-27-8-16-35-78(66)94/h1-50H. The van der Waals surface area contributed by atoms with Crippen molar-refractivity contribution < 1.29 is 13.2 Å². The highest BCUT2D eigenvalue weighted by Crippen LogP contribution is 2.50. The normalized spacial score (nSPS) is 12.3.